The van der Waals surface area contributed by atoms with E-state index in [0.717, 1.165) is 17.1 Å². The topological polar surface area (TPSA) is 36.9 Å². The minimum atomic E-state index is 0.283. The smallest absolute Gasteiger partial charge is 0.195 e. The zero-order valence-electron chi connectivity index (χ0n) is 11.2. The molecule has 0 bridgehead atoms. The van der Waals surface area contributed by atoms with Gasteiger partial charge in [-0.15, -0.1) is 0 Å². The Kier molecular flexibility index (Phi) is 3.41. The van der Waals surface area contributed by atoms with Crippen LogP contribution >= 0.6 is 12.2 Å². The number of H-pyrrole nitrogens is 1. The standard InChI is InChI=1S/C12H22N4S/c1-9(2)10-13-14-11(17)16(10)8-12(15(3)4)6-5-7-12/h9H,5-8H2,1-4H3,(H,14,17). The molecular formula is C12H22N4S. The van der Waals surface area contributed by atoms with Crippen LogP contribution in [0.5, 0.6) is 0 Å². The predicted molar refractivity (Wildman–Crippen MR) is 71.8 cm³/mol. The molecule has 1 aromatic heterocycles. The second-order valence-electron chi connectivity index (χ2n) is 5.60. The molecule has 17 heavy (non-hydrogen) atoms. The molecule has 1 heterocycles. The van der Waals surface area contributed by atoms with E-state index in [4.69, 9.17) is 12.2 Å². The SMILES string of the molecule is CC(C)c1n[nH]c(=S)n1CC1(N(C)C)CCC1. The fourth-order valence-corrected chi connectivity index (χ4v) is 2.75. The third kappa shape index (κ3) is 2.18. The molecule has 0 spiro atoms. The van der Waals surface area contributed by atoms with Crippen molar-refractivity contribution in [1.29, 1.82) is 0 Å². The summed E-state index contributed by atoms with van der Waals surface area (Å²) in [4.78, 5) is 2.34. The van der Waals surface area contributed by atoms with Gasteiger partial charge in [-0.2, -0.15) is 5.10 Å². The summed E-state index contributed by atoms with van der Waals surface area (Å²) in [6.07, 6.45) is 3.83. The molecule has 1 N–H and O–H groups in total. The number of nitrogens with zero attached hydrogens (tertiary/aromatic N) is 3. The van der Waals surface area contributed by atoms with Crippen LogP contribution in [-0.4, -0.2) is 39.3 Å². The van der Waals surface area contributed by atoms with Crippen LogP contribution in [-0.2, 0) is 6.54 Å². The summed E-state index contributed by atoms with van der Waals surface area (Å²) in [5.74, 6) is 1.48. The van der Waals surface area contributed by atoms with Gasteiger partial charge in [-0.05, 0) is 45.6 Å². The molecule has 0 radical (unpaired) electrons. The first-order chi connectivity index (χ1) is 7.96. The minimum Gasteiger partial charge on any atom is -0.302 e. The molecule has 0 atom stereocenters. The van der Waals surface area contributed by atoms with Crippen molar-refractivity contribution in [2.24, 2.45) is 0 Å². The van der Waals surface area contributed by atoms with Gasteiger partial charge in [0.15, 0.2) is 4.77 Å². The van der Waals surface area contributed by atoms with Crippen molar-refractivity contribution >= 4 is 12.2 Å². The molecule has 0 saturated heterocycles. The van der Waals surface area contributed by atoms with Gasteiger partial charge in [-0.3, -0.25) is 5.10 Å². The molecule has 0 aliphatic heterocycles. The highest BCUT2D eigenvalue weighted by atomic mass is 32.1. The molecule has 0 unspecified atom stereocenters. The normalized spacial score (nSPS) is 18.7. The molecule has 0 aromatic carbocycles. The molecule has 1 aliphatic carbocycles. The van der Waals surface area contributed by atoms with E-state index in [1.54, 1.807) is 0 Å². The number of rotatable bonds is 4. The number of aromatic nitrogens is 3. The van der Waals surface area contributed by atoms with E-state index >= 15 is 0 Å². The van der Waals surface area contributed by atoms with Gasteiger partial charge in [-0.1, -0.05) is 13.8 Å². The third-order valence-electron chi connectivity index (χ3n) is 3.99. The maximum Gasteiger partial charge on any atom is 0.195 e. The van der Waals surface area contributed by atoms with E-state index in [-0.39, 0.29) is 5.54 Å². The van der Waals surface area contributed by atoms with Gasteiger partial charge in [0.05, 0.1) is 0 Å². The number of aromatic amines is 1. The molecule has 1 aromatic rings. The highest BCUT2D eigenvalue weighted by Gasteiger charge is 2.40. The van der Waals surface area contributed by atoms with Gasteiger partial charge in [-0.25, -0.2) is 0 Å². The van der Waals surface area contributed by atoms with Crippen molar-refractivity contribution < 1.29 is 0 Å². The largest absolute Gasteiger partial charge is 0.302 e. The second kappa shape index (κ2) is 4.53. The summed E-state index contributed by atoms with van der Waals surface area (Å²) < 4.78 is 2.93. The van der Waals surface area contributed by atoms with Gasteiger partial charge in [0, 0.05) is 18.0 Å². The fourth-order valence-electron chi connectivity index (χ4n) is 2.55. The van der Waals surface area contributed by atoms with Crippen LogP contribution in [0.1, 0.15) is 44.9 Å². The molecule has 4 nitrogen and oxygen atoms in total. The molecule has 96 valence electrons. The Balaban J connectivity index is 2.29. The summed E-state index contributed by atoms with van der Waals surface area (Å²) in [6.45, 7) is 5.28. The van der Waals surface area contributed by atoms with Crippen LogP contribution in [0.25, 0.3) is 0 Å². The van der Waals surface area contributed by atoms with Gasteiger partial charge in [0.1, 0.15) is 5.82 Å². The molecule has 1 aliphatic rings. The maximum atomic E-state index is 5.35. The fraction of sp³-hybridized carbons (Fsp3) is 0.833. The van der Waals surface area contributed by atoms with Crippen molar-refractivity contribution in [2.45, 2.75) is 51.1 Å². The first-order valence-electron chi connectivity index (χ1n) is 6.29. The average molecular weight is 254 g/mol. The molecule has 2 rings (SSSR count). The summed E-state index contributed by atoms with van der Waals surface area (Å²) >= 11 is 5.35. The van der Waals surface area contributed by atoms with Crippen LogP contribution in [0.4, 0.5) is 0 Å². The second-order valence-corrected chi connectivity index (χ2v) is 5.99. The summed E-state index contributed by atoms with van der Waals surface area (Å²) in [5, 5.41) is 7.27. The molecule has 1 saturated carbocycles. The van der Waals surface area contributed by atoms with E-state index < -0.39 is 0 Å². The first kappa shape index (κ1) is 12.8. The Morgan fingerprint density at radius 3 is 2.53 bits per heavy atom. The van der Waals surface area contributed by atoms with Crippen LogP contribution in [0.2, 0.25) is 0 Å². The first-order valence-corrected chi connectivity index (χ1v) is 6.70. The van der Waals surface area contributed by atoms with Crippen molar-refractivity contribution in [3.05, 3.63) is 10.6 Å². The van der Waals surface area contributed by atoms with Gasteiger partial charge >= 0.3 is 0 Å². The van der Waals surface area contributed by atoms with Crippen molar-refractivity contribution in [3.8, 4) is 0 Å². The van der Waals surface area contributed by atoms with E-state index in [0.29, 0.717) is 5.92 Å². The Labute approximate surface area is 108 Å². The van der Waals surface area contributed by atoms with Crippen molar-refractivity contribution in [3.63, 3.8) is 0 Å². The van der Waals surface area contributed by atoms with Crippen LogP contribution in [0, 0.1) is 4.77 Å². The van der Waals surface area contributed by atoms with E-state index in [1.165, 1.54) is 19.3 Å². The number of hydrogen-bond acceptors (Lipinski definition) is 3. The highest BCUT2D eigenvalue weighted by molar-refractivity contribution is 7.71. The quantitative estimate of drug-likeness (QED) is 0.839. The zero-order valence-corrected chi connectivity index (χ0v) is 12.0. The lowest BCUT2D eigenvalue weighted by Gasteiger charge is -2.47. The van der Waals surface area contributed by atoms with E-state index in [9.17, 15) is 0 Å². The molecule has 1 fully saturated rings. The Morgan fingerprint density at radius 2 is 2.12 bits per heavy atom. The van der Waals surface area contributed by atoms with Gasteiger partial charge < -0.3 is 9.47 Å². The predicted octanol–water partition coefficient (Wildman–Crippen LogP) is 2.55. The monoisotopic (exact) mass is 254 g/mol. The number of nitrogens with one attached hydrogen (secondary N) is 1. The lowest BCUT2D eigenvalue weighted by atomic mass is 9.75. The summed E-state index contributed by atoms with van der Waals surface area (Å²) in [7, 11) is 4.33. The molecule has 0 amide bonds. The van der Waals surface area contributed by atoms with Gasteiger partial charge in [0.2, 0.25) is 0 Å². The van der Waals surface area contributed by atoms with E-state index in [1.807, 2.05) is 0 Å². The average Bonchev–Trinajstić information content (AvgIpc) is 2.53. The van der Waals surface area contributed by atoms with E-state index in [2.05, 4.69) is 47.6 Å². The third-order valence-corrected chi connectivity index (χ3v) is 4.30. The van der Waals surface area contributed by atoms with Gasteiger partial charge in [0.25, 0.3) is 0 Å². The van der Waals surface area contributed by atoms with Crippen molar-refractivity contribution in [1.82, 2.24) is 19.7 Å². The van der Waals surface area contributed by atoms with Crippen LogP contribution < -0.4 is 0 Å². The Bertz CT molecular complexity index is 440. The van der Waals surface area contributed by atoms with Crippen molar-refractivity contribution in [2.75, 3.05) is 14.1 Å². The Hall–Kier alpha value is -0.680. The maximum absolute atomic E-state index is 5.35. The minimum absolute atomic E-state index is 0.283. The summed E-state index contributed by atoms with van der Waals surface area (Å²) in [5.41, 5.74) is 0.283. The zero-order chi connectivity index (χ0) is 12.6. The lowest BCUT2D eigenvalue weighted by Crippen LogP contribution is -2.53. The number of hydrogen-bond donors (Lipinski definition) is 1. The van der Waals surface area contributed by atoms with Crippen LogP contribution in [0.3, 0.4) is 0 Å². The molecule has 5 heteroatoms. The Morgan fingerprint density at radius 1 is 1.47 bits per heavy atom. The lowest BCUT2D eigenvalue weighted by molar-refractivity contribution is 0.0409. The van der Waals surface area contributed by atoms with Crippen LogP contribution in [0.15, 0.2) is 0 Å². The highest BCUT2D eigenvalue weighted by Crippen LogP contribution is 2.38. The summed E-state index contributed by atoms with van der Waals surface area (Å²) in [6, 6.07) is 0. The molecular weight excluding hydrogens is 232 g/mol. The number of likely N-dealkylation sites (N-methyl/N-ethyl adjacent to an activating group) is 1.